The minimum atomic E-state index is -0.661. The summed E-state index contributed by atoms with van der Waals surface area (Å²) in [5.74, 6) is 1.90. The Balaban J connectivity index is 1.26. The quantitative estimate of drug-likeness (QED) is 0.395. The van der Waals surface area contributed by atoms with E-state index in [2.05, 4.69) is 34.6 Å². The van der Waals surface area contributed by atoms with Crippen LogP contribution in [0.5, 0.6) is 5.75 Å². The Morgan fingerprint density at radius 3 is 2.79 bits per heavy atom. The maximum absolute atomic E-state index is 13.8. The highest BCUT2D eigenvalue weighted by Crippen LogP contribution is 2.53. The molecule has 3 aromatic carbocycles. The van der Waals surface area contributed by atoms with Crippen LogP contribution in [-0.2, 0) is 16.1 Å². The molecule has 0 spiro atoms. The Kier molecular flexibility index (Phi) is 5.41. The standard InChI is InChI=1S/C30H29BN4O4/c1-14(2)26(34-30(37)38-3)29(36)35-23-10-16(23)11-24(35)28-32-22-7-4-15-9-21-19-6-5-18(31)8-17(19)13-39-25(21)12-20(15)27(22)33-28/h4-9,12,14,16,23-24,26H,10-11,13H2,1-3H3,(H,32,33)(H,34,37)/t16-,23?,24+,26?/m1/s1. The zero-order valence-corrected chi connectivity index (χ0v) is 22.2. The van der Waals surface area contributed by atoms with Gasteiger partial charge in [0.15, 0.2) is 0 Å². The fourth-order valence-corrected chi connectivity index (χ4v) is 6.36. The Morgan fingerprint density at radius 1 is 1.15 bits per heavy atom. The van der Waals surface area contributed by atoms with Gasteiger partial charge in [-0.25, -0.2) is 9.78 Å². The molecule has 39 heavy (non-hydrogen) atoms. The third-order valence-corrected chi connectivity index (χ3v) is 8.46. The van der Waals surface area contributed by atoms with Gasteiger partial charge in [0.2, 0.25) is 5.91 Å². The molecule has 1 saturated heterocycles. The number of nitrogens with zero attached hydrogens (tertiary/aromatic N) is 2. The van der Waals surface area contributed by atoms with E-state index in [1.165, 1.54) is 7.11 Å². The number of benzene rings is 3. The molecule has 7 rings (SSSR count). The molecule has 1 aliphatic carbocycles. The molecule has 8 nitrogen and oxygen atoms in total. The van der Waals surface area contributed by atoms with E-state index in [1.54, 1.807) is 0 Å². The highest BCUT2D eigenvalue weighted by Gasteiger charge is 2.56. The number of carbonyl (C=O) groups excluding carboxylic acids is 2. The fourth-order valence-electron chi connectivity index (χ4n) is 6.36. The highest BCUT2D eigenvalue weighted by atomic mass is 16.5. The Hall–Kier alpha value is -4.01. The van der Waals surface area contributed by atoms with Crippen LogP contribution in [0.4, 0.5) is 4.79 Å². The summed E-state index contributed by atoms with van der Waals surface area (Å²) in [6.45, 7) is 4.33. The number of methoxy groups -OCH3 is 1. The van der Waals surface area contributed by atoms with Crippen molar-refractivity contribution in [2.45, 2.75) is 51.4 Å². The molecule has 2 radical (unpaired) electrons. The second-order valence-electron chi connectivity index (χ2n) is 11.3. The lowest BCUT2D eigenvalue weighted by molar-refractivity contribution is -0.136. The van der Waals surface area contributed by atoms with Crippen molar-refractivity contribution < 1.29 is 19.1 Å². The molecule has 3 aliphatic rings. The average molecular weight is 520 g/mol. The predicted molar refractivity (Wildman–Crippen MR) is 149 cm³/mol. The van der Waals surface area contributed by atoms with Crippen LogP contribution >= 0.6 is 0 Å². The van der Waals surface area contributed by atoms with E-state index in [0.717, 1.165) is 68.4 Å². The van der Waals surface area contributed by atoms with Gasteiger partial charge in [0.25, 0.3) is 0 Å². The Bertz CT molecular complexity index is 1660. The second-order valence-corrected chi connectivity index (χ2v) is 11.3. The molecule has 1 aromatic heterocycles. The lowest BCUT2D eigenvalue weighted by atomic mass is 9.88. The van der Waals surface area contributed by atoms with E-state index in [1.807, 2.05) is 36.9 Å². The number of aromatic nitrogens is 2. The van der Waals surface area contributed by atoms with Crippen molar-refractivity contribution in [1.82, 2.24) is 20.2 Å². The van der Waals surface area contributed by atoms with Gasteiger partial charge in [-0.1, -0.05) is 43.6 Å². The third-order valence-electron chi connectivity index (χ3n) is 8.46. The van der Waals surface area contributed by atoms with Gasteiger partial charge in [0, 0.05) is 17.0 Å². The van der Waals surface area contributed by atoms with Gasteiger partial charge in [-0.2, -0.15) is 0 Å². The molecule has 3 heterocycles. The molecule has 196 valence electrons. The number of alkyl carbamates (subject to hydrolysis) is 1. The molecule has 0 bridgehead atoms. The van der Waals surface area contributed by atoms with E-state index in [0.29, 0.717) is 12.5 Å². The van der Waals surface area contributed by atoms with Crippen LogP contribution in [0.1, 0.15) is 44.1 Å². The molecule has 2 aliphatic heterocycles. The van der Waals surface area contributed by atoms with Crippen LogP contribution in [-0.4, -0.2) is 53.9 Å². The number of fused-ring (bicyclic) bond motifs is 7. The number of hydrogen-bond donors (Lipinski definition) is 2. The predicted octanol–water partition coefficient (Wildman–Crippen LogP) is 4.11. The molecule has 4 atom stereocenters. The first-order valence-electron chi connectivity index (χ1n) is 13.5. The zero-order valence-electron chi connectivity index (χ0n) is 22.2. The van der Waals surface area contributed by atoms with Gasteiger partial charge in [0.1, 0.15) is 32.1 Å². The summed E-state index contributed by atoms with van der Waals surface area (Å²) in [4.78, 5) is 36.2. The summed E-state index contributed by atoms with van der Waals surface area (Å²) in [6, 6.07) is 13.7. The molecule has 4 aromatic rings. The van der Waals surface area contributed by atoms with Gasteiger partial charge in [-0.3, -0.25) is 4.79 Å². The molecular formula is C30H29BN4O4. The number of piperidine rings is 1. The first-order chi connectivity index (χ1) is 18.8. The average Bonchev–Trinajstić information content (AvgIpc) is 3.37. The number of likely N-dealkylation sites (tertiary alicyclic amines) is 1. The largest absolute Gasteiger partial charge is 0.488 e. The van der Waals surface area contributed by atoms with Crippen LogP contribution in [0.15, 0.2) is 42.5 Å². The number of ether oxygens (including phenoxy) is 2. The lowest BCUT2D eigenvalue weighted by Crippen LogP contribution is -2.52. The van der Waals surface area contributed by atoms with Crippen molar-refractivity contribution in [3.63, 3.8) is 0 Å². The maximum atomic E-state index is 13.8. The van der Waals surface area contributed by atoms with E-state index >= 15 is 0 Å². The van der Waals surface area contributed by atoms with Crippen molar-refractivity contribution in [2.24, 2.45) is 11.8 Å². The molecule has 2 unspecified atom stereocenters. The summed E-state index contributed by atoms with van der Waals surface area (Å²) in [7, 11) is 7.30. The monoisotopic (exact) mass is 520 g/mol. The Labute approximate surface area is 227 Å². The molecule has 2 amide bonds. The molecule has 1 saturated carbocycles. The summed E-state index contributed by atoms with van der Waals surface area (Å²) in [5.41, 5.74) is 5.76. The minimum Gasteiger partial charge on any atom is -0.488 e. The van der Waals surface area contributed by atoms with Crippen LogP contribution < -0.4 is 15.5 Å². The first kappa shape index (κ1) is 24.1. The van der Waals surface area contributed by atoms with Gasteiger partial charge in [0.05, 0.1) is 24.2 Å². The summed E-state index contributed by atoms with van der Waals surface area (Å²) >= 11 is 0. The summed E-state index contributed by atoms with van der Waals surface area (Å²) < 4.78 is 10.9. The van der Waals surface area contributed by atoms with Crippen molar-refractivity contribution in [2.75, 3.05) is 7.11 Å². The van der Waals surface area contributed by atoms with E-state index in [-0.39, 0.29) is 23.9 Å². The van der Waals surface area contributed by atoms with Crippen LogP contribution in [0.2, 0.25) is 0 Å². The Morgan fingerprint density at radius 2 is 2.00 bits per heavy atom. The number of H-pyrrole nitrogens is 1. The third kappa shape index (κ3) is 3.86. The van der Waals surface area contributed by atoms with Gasteiger partial charge in [-0.15, -0.1) is 0 Å². The molecular weight excluding hydrogens is 491 g/mol. The molecule has 9 heteroatoms. The normalized spacial score (nSPS) is 21.7. The number of hydrogen-bond acceptors (Lipinski definition) is 5. The number of amides is 2. The maximum Gasteiger partial charge on any atom is 0.407 e. The molecule has 2 fully saturated rings. The van der Waals surface area contributed by atoms with Crippen molar-refractivity contribution in [1.29, 1.82) is 0 Å². The van der Waals surface area contributed by atoms with Gasteiger partial charge >= 0.3 is 6.09 Å². The summed E-state index contributed by atoms with van der Waals surface area (Å²) in [5, 5.41) is 4.81. The van der Waals surface area contributed by atoms with E-state index in [9.17, 15) is 9.59 Å². The van der Waals surface area contributed by atoms with Crippen molar-refractivity contribution in [3.8, 4) is 16.9 Å². The number of nitrogens with one attached hydrogen (secondary N) is 2. The van der Waals surface area contributed by atoms with Gasteiger partial charge in [-0.05, 0) is 59.4 Å². The molecule has 2 N–H and O–H groups in total. The summed E-state index contributed by atoms with van der Waals surface area (Å²) in [6.07, 6.45) is 1.25. The van der Waals surface area contributed by atoms with Crippen molar-refractivity contribution >= 4 is 47.1 Å². The topological polar surface area (TPSA) is 96.6 Å². The number of aromatic amines is 1. The smallest absolute Gasteiger partial charge is 0.407 e. The van der Waals surface area contributed by atoms with Crippen molar-refractivity contribution in [3.05, 3.63) is 53.9 Å². The van der Waals surface area contributed by atoms with Crippen LogP contribution in [0, 0.1) is 11.8 Å². The minimum absolute atomic E-state index is 0.0811. The number of rotatable bonds is 4. The van der Waals surface area contributed by atoms with Crippen LogP contribution in [0.3, 0.4) is 0 Å². The SMILES string of the molecule is [B]c1ccc2c(c1)COc1cc3c(ccc4[nH]c([C@@H]5C[C@H]6CC6N5C(=O)C(NC(=O)OC)C(C)C)nc43)cc1-2. The highest BCUT2D eigenvalue weighted by molar-refractivity contribution is 6.32. The van der Waals surface area contributed by atoms with E-state index in [4.69, 9.17) is 22.3 Å². The zero-order chi connectivity index (χ0) is 27.0. The fraction of sp³-hybridized carbons (Fsp3) is 0.367. The van der Waals surface area contributed by atoms with Crippen LogP contribution in [0.25, 0.3) is 32.9 Å². The lowest BCUT2D eigenvalue weighted by Gasteiger charge is -2.31. The second kappa shape index (κ2) is 8.76. The first-order valence-corrected chi connectivity index (χ1v) is 13.5. The number of imidazole rings is 1. The van der Waals surface area contributed by atoms with E-state index < -0.39 is 12.1 Å². The number of carbonyl (C=O) groups is 2. The van der Waals surface area contributed by atoms with Gasteiger partial charge < -0.3 is 24.7 Å².